The summed E-state index contributed by atoms with van der Waals surface area (Å²) in [6.45, 7) is 4.09. The van der Waals surface area contributed by atoms with Gasteiger partial charge in [-0.1, -0.05) is 0 Å². The summed E-state index contributed by atoms with van der Waals surface area (Å²) in [4.78, 5) is 17.8. The lowest BCUT2D eigenvalue weighted by Gasteiger charge is -2.15. The first kappa shape index (κ1) is 12.8. The number of nitrogens with zero attached hydrogens (tertiary/aromatic N) is 2. The van der Waals surface area contributed by atoms with Gasteiger partial charge in [0.15, 0.2) is 0 Å². The molecule has 2 aromatic rings. The van der Waals surface area contributed by atoms with E-state index in [1.807, 2.05) is 40.1 Å². The van der Waals surface area contributed by atoms with Gasteiger partial charge in [0, 0.05) is 19.5 Å². The Labute approximate surface area is 111 Å². The smallest absolute Gasteiger partial charge is 0.256 e. The van der Waals surface area contributed by atoms with Gasteiger partial charge in [-0.25, -0.2) is 4.98 Å². The van der Waals surface area contributed by atoms with Crippen LogP contribution in [0.4, 0.5) is 5.82 Å². The topological polar surface area (TPSA) is 33.2 Å². The van der Waals surface area contributed by atoms with Crippen molar-refractivity contribution in [1.29, 1.82) is 0 Å². The average molecular weight is 263 g/mol. The molecule has 3 nitrogen and oxygen atoms in total. The van der Waals surface area contributed by atoms with Gasteiger partial charge >= 0.3 is 0 Å². The minimum absolute atomic E-state index is 0.442. The molecule has 0 amide bonds. The van der Waals surface area contributed by atoms with Gasteiger partial charge in [-0.15, -0.1) is 0 Å². The third-order valence-electron chi connectivity index (χ3n) is 3.05. The van der Waals surface area contributed by atoms with Crippen molar-refractivity contribution >= 4 is 33.6 Å². The maximum absolute atomic E-state index is 11.5. The largest absolute Gasteiger partial charge is 0.362 e. The van der Waals surface area contributed by atoms with Gasteiger partial charge in [-0.2, -0.15) is 0 Å². The van der Waals surface area contributed by atoms with Crippen LogP contribution in [0.25, 0.3) is 10.9 Å². The van der Waals surface area contributed by atoms with E-state index in [-0.39, 0.29) is 0 Å². The molecule has 4 heteroatoms. The van der Waals surface area contributed by atoms with Crippen LogP contribution in [0.3, 0.4) is 0 Å². The summed E-state index contributed by atoms with van der Waals surface area (Å²) >= 11 is 5.62. The van der Waals surface area contributed by atoms with Crippen LogP contribution in [-0.4, -0.2) is 24.3 Å². The molecule has 0 bridgehead atoms. The number of rotatable bonds is 2. The van der Waals surface area contributed by atoms with E-state index in [1.165, 1.54) is 11.1 Å². The first-order valence-corrected chi connectivity index (χ1v) is 6.07. The lowest BCUT2D eigenvalue weighted by molar-refractivity contribution is 0.108. The molecule has 1 aromatic carbocycles. The molecule has 0 aliphatic carbocycles. The Hall–Kier alpha value is -1.61. The molecule has 1 heterocycles. The molecule has 0 spiro atoms. The molecule has 0 saturated carbocycles. The molecule has 0 unspecified atom stereocenters. The fourth-order valence-corrected chi connectivity index (χ4v) is 2.05. The minimum Gasteiger partial charge on any atom is -0.362 e. The number of aromatic nitrogens is 1. The predicted molar refractivity (Wildman–Crippen MR) is 75.7 cm³/mol. The van der Waals surface area contributed by atoms with Crippen LogP contribution in [0.1, 0.15) is 21.5 Å². The molecule has 94 valence electrons. The van der Waals surface area contributed by atoms with Gasteiger partial charge < -0.3 is 4.90 Å². The fraction of sp³-hybridized carbons (Fsp3) is 0.286. The summed E-state index contributed by atoms with van der Waals surface area (Å²) in [7, 11) is 3.69. The van der Waals surface area contributed by atoms with Crippen molar-refractivity contribution in [2.45, 2.75) is 13.8 Å². The predicted octanol–water partition coefficient (Wildman–Crippen LogP) is 3.30. The number of benzene rings is 1. The van der Waals surface area contributed by atoms with Crippen molar-refractivity contribution in [3.63, 3.8) is 0 Å². The highest BCUT2D eigenvalue weighted by Gasteiger charge is 2.14. The molecular formula is C14H15ClN2O. The van der Waals surface area contributed by atoms with E-state index in [0.29, 0.717) is 11.4 Å². The van der Waals surface area contributed by atoms with E-state index in [1.54, 1.807) is 11.0 Å². The Morgan fingerprint density at radius 3 is 2.33 bits per heavy atom. The molecule has 0 atom stereocenters. The Kier molecular flexibility index (Phi) is 3.26. The number of hydrogen-bond donors (Lipinski definition) is 0. The van der Waals surface area contributed by atoms with E-state index in [0.717, 1.165) is 10.9 Å². The van der Waals surface area contributed by atoms with E-state index >= 15 is 0 Å². The second kappa shape index (κ2) is 4.58. The summed E-state index contributed by atoms with van der Waals surface area (Å²) < 4.78 is 0. The summed E-state index contributed by atoms with van der Waals surface area (Å²) in [6, 6.07) is 5.86. The number of carbonyl (C=O) groups excluding carboxylic acids is 1. The van der Waals surface area contributed by atoms with Crippen LogP contribution >= 0.6 is 11.6 Å². The maximum Gasteiger partial charge on any atom is 0.256 e. The SMILES string of the molecule is Cc1cc2cc(C(=O)Cl)c(N(C)C)nc2cc1C. The Morgan fingerprint density at radius 1 is 1.17 bits per heavy atom. The Bertz CT molecular complexity index is 635. The monoisotopic (exact) mass is 262 g/mol. The number of hydrogen-bond acceptors (Lipinski definition) is 3. The van der Waals surface area contributed by atoms with Crippen LogP contribution in [0.5, 0.6) is 0 Å². The number of aryl methyl sites for hydroxylation is 2. The molecule has 1 aromatic heterocycles. The fourth-order valence-electron chi connectivity index (χ4n) is 1.92. The van der Waals surface area contributed by atoms with Crippen LogP contribution in [0.2, 0.25) is 0 Å². The average Bonchev–Trinajstić information content (AvgIpc) is 2.28. The molecule has 0 aliphatic heterocycles. The number of carbonyl (C=O) groups is 1. The molecule has 0 radical (unpaired) electrons. The molecule has 18 heavy (non-hydrogen) atoms. The van der Waals surface area contributed by atoms with E-state index in [4.69, 9.17) is 11.6 Å². The number of fused-ring (bicyclic) bond motifs is 1. The van der Waals surface area contributed by atoms with E-state index in [9.17, 15) is 4.79 Å². The zero-order chi connectivity index (χ0) is 13.4. The van der Waals surface area contributed by atoms with Gasteiger partial charge in [0.25, 0.3) is 5.24 Å². The molecule has 0 aliphatic rings. The van der Waals surface area contributed by atoms with Crippen LogP contribution < -0.4 is 4.90 Å². The summed E-state index contributed by atoms with van der Waals surface area (Å²) in [6.07, 6.45) is 0. The lowest BCUT2D eigenvalue weighted by atomic mass is 10.0. The van der Waals surface area contributed by atoms with Crippen molar-refractivity contribution in [3.05, 3.63) is 34.9 Å². The highest BCUT2D eigenvalue weighted by molar-refractivity contribution is 6.68. The maximum atomic E-state index is 11.5. The highest BCUT2D eigenvalue weighted by atomic mass is 35.5. The number of pyridine rings is 1. The molecule has 2 rings (SSSR count). The van der Waals surface area contributed by atoms with Gasteiger partial charge in [0.1, 0.15) is 5.82 Å². The van der Waals surface area contributed by atoms with Gasteiger partial charge in [0.05, 0.1) is 11.1 Å². The van der Waals surface area contributed by atoms with Crippen molar-refractivity contribution < 1.29 is 4.79 Å². The van der Waals surface area contributed by atoms with Crippen LogP contribution in [0.15, 0.2) is 18.2 Å². The summed E-state index contributed by atoms with van der Waals surface area (Å²) in [5.74, 6) is 0.603. The third kappa shape index (κ3) is 2.18. The second-order valence-corrected chi connectivity index (χ2v) is 5.00. The Morgan fingerprint density at radius 2 is 1.78 bits per heavy atom. The first-order chi connectivity index (χ1) is 8.40. The zero-order valence-electron chi connectivity index (χ0n) is 10.9. The van der Waals surface area contributed by atoms with Gasteiger partial charge in [-0.05, 0) is 54.8 Å². The van der Waals surface area contributed by atoms with Gasteiger partial charge in [-0.3, -0.25) is 4.79 Å². The number of anilines is 1. The molecular weight excluding hydrogens is 248 g/mol. The second-order valence-electron chi connectivity index (χ2n) is 4.66. The van der Waals surface area contributed by atoms with Crippen molar-refractivity contribution in [3.8, 4) is 0 Å². The summed E-state index contributed by atoms with van der Waals surface area (Å²) in [5.41, 5.74) is 3.68. The Balaban J connectivity index is 2.80. The molecule has 0 saturated heterocycles. The summed E-state index contributed by atoms with van der Waals surface area (Å²) in [5, 5.41) is 0.457. The van der Waals surface area contributed by atoms with Gasteiger partial charge in [0.2, 0.25) is 0 Å². The quantitative estimate of drug-likeness (QED) is 0.779. The van der Waals surface area contributed by atoms with E-state index in [2.05, 4.69) is 4.98 Å². The zero-order valence-corrected chi connectivity index (χ0v) is 11.7. The van der Waals surface area contributed by atoms with Crippen molar-refractivity contribution in [2.24, 2.45) is 0 Å². The van der Waals surface area contributed by atoms with Crippen LogP contribution in [0, 0.1) is 13.8 Å². The third-order valence-corrected chi connectivity index (χ3v) is 3.25. The standard InChI is InChI=1S/C14H15ClN2O/c1-8-5-10-7-11(13(15)18)14(17(3)4)16-12(10)6-9(8)2/h5-7H,1-4H3. The van der Waals surface area contributed by atoms with Crippen molar-refractivity contribution in [2.75, 3.05) is 19.0 Å². The number of halogens is 1. The minimum atomic E-state index is -0.480. The molecule has 0 fully saturated rings. The van der Waals surface area contributed by atoms with Crippen LogP contribution in [-0.2, 0) is 0 Å². The molecule has 0 N–H and O–H groups in total. The normalized spacial score (nSPS) is 10.7. The van der Waals surface area contributed by atoms with Crippen molar-refractivity contribution in [1.82, 2.24) is 4.98 Å². The lowest BCUT2D eigenvalue weighted by Crippen LogP contribution is -2.14. The van der Waals surface area contributed by atoms with E-state index < -0.39 is 5.24 Å². The highest BCUT2D eigenvalue weighted by Crippen LogP contribution is 2.25. The first-order valence-electron chi connectivity index (χ1n) is 5.69.